The predicted octanol–water partition coefficient (Wildman–Crippen LogP) is 6.90. The van der Waals surface area contributed by atoms with Crippen molar-refractivity contribution in [2.75, 3.05) is 12.0 Å². The van der Waals surface area contributed by atoms with Crippen LogP contribution in [0.5, 0.6) is 5.75 Å². The van der Waals surface area contributed by atoms with Crippen molar-refractivity contribution in [3.8, 4) is 5.75 Å². The monoisotopic (exact) mass is 559 g/mol. The summed E-state index contributed by atoms with van der Waals surface area (Å²) in [6.07, 6.45) is 0. The lowest BCUT2D eigenvalue weighted by molar-refractivity contribution is -0.143. The maximum absolute atomic E-state index is 14.2. The molecular formula is C27H24BrClFNO4. The zero-order chi connectivity index (χ0) is 25.7. The number of hydrogen-bond acceptors (Lipinski definition) is 4. The van der Waals surface area contributed by atoms with Crippen LogP contribution in [0.1, 0.15) is 59.8 Å². The summed E-state index contributed by atoms with van der Waals surface area (Å²) in [7, 11) is 1.27. The molecule has 4 rings (SSSR count). The van der Waals surface area contributed by atoms with Gasteiger partial charge < -0.3 is 9.84 Å². The molecule has 182 valence electrons. The summed E-state index contributed by atoms with van der Waals surface area (Å²) >= 11 is 9.96. The molecule has 0 radical (unpaired) electrons. The second kappa shape index (κ2) is 9.28. The number of carbonyl (C=O) groups excluding carboxylic acids is 2. The van der Waals surface area contributed by atoms with Gasteiger partial charge in [-0.2, -0.15) is 0 Å². The maximum Gasteiger partial charge on any atom is 0.315 e. The molecule has 0 unspecified atom stereocenters. The van der Waals surface area contributed by atoms with Gasteiger partial charge in [-0.1, -0.05) is 50.6 Å². The number of phenols is 1. The minimum atomic E-state index is -0.953. The Morgan fingerprint density at radius 3 is 2.43 bits per heavy atom. The first-order valence-electron chi connectivity index (χ1n) is 10.9. The Labute approximate surface area is 216 Å². The molecule has 35 heavy (non-hydrogen) atoms. The van der Waals surface area contributed by atoms with E-state index < -0.39 is 29.7 Å². The minimum Gasteiger partial charge on any atom is -0.507 e. The molecule has 5 nitrogen and oxygen atoms in total. The van der Waals surface area contributed by atoms with E-state index in [0.29, 0.717) is 26.3 Å². The summed E-state index contributed by atoms with van der Waals surface area (Å²) < 4.78 is 19.8. The van der Waals surface area contributed by atoms with Gasteiger partial charge in [-0.15, -0.1) is 0 Å². The van der Waals surface area contributed by atoms with Crippen LogP contribution in [-0.2, 0) is 14.9 Å². The van der Waals surface area contributed by atoms with Gasteiger partial charge >= 0.3 is 5.97 Å². The van der Waals surface area contributed by atoms with Crippen LogP contribution in [0.3, 0.4) is 0 Å². The van der Waals surface area contributed by atoms with Crippen molar-refractivity contribution in [1.82, 2.24) is 0 Å². The molecule has 0 saturated heterocycles. The fourth-order valence-electron chi connectivity index (χ4n) is 4.53. The lowest BCUT2D eigenvalue weighted by Crippen LogP contribution is -2.45. The fourth-order valence-corrected chi connectivity index (χ4v) is 5.39. The van der Waals surface area contributed by atoms with Crippen LogP contribution in [0.4, 0.5) is 10.1 Å². The van der Waals surface area contributed by atoms with Crippen LogP contribution < -0.4 is 4.90 Å². The molecule has 8 heteroatoms. The Morgan fingerprint density at radius 2 is 1.83 bits per heavy atom. The zero-order valence-corrected chi connectivity index (χ0v) is 21.9. The van der Waals surface area contributed by atoms with E-state index >= 15 is 0 Å². The number of esters is 1. The van der Waals surface area contributed by atoms with Crippen molar-refractivity contribution in [3.05, 3.63) is 92.2 Å². The van der Waals surface area contributed by atoms with E-state index in [-0.39, 0.29) is 16.7 Å². The van der Waals surface area contributed by atoms with Crippen molar-refractivity contribution in [2.45, 2.75) is 38.1 Å². The van der Waals surface area contributed by atoms with Crippen molar-refractivity contribution < 1.29 is 23.8 Å². The number of rotatable bonds is 3. The summed E-state index contributed by atoms with van der Waals surface area (Å²) in [5.41, 5.74) is 2.13. The summed E-state index contributed by atoms with van der Waals surface area (Å²) in [6.45, 7) is 6.09. The molecule has 3 aromatic rings. The second-order valence-corrected chi connectivity index (χ2v) is 10.7. The number of methoxy groups -OCH3 is 1. The van der Waals surface area contributed by atoms with E-state index in [2.05, 4.69) is 15.9 Å². The third kappa shape index (κ3) is 4.55. The minimum absolute atomic E-state index is 0.0112. The molecule has 0 aliphatic carbocycles. The van der Waals surface area contributed by atoms with E-state index in [1.54, 1.807) is 24.3 Å². The molecular weight excluding hydrogens is 537 g/mol. The van der Waals surface area contributed by atoms with Crippen molar-refractivity contribution in [1.29, 1.82) is 0 Å². The van der Waals surface area contributed by atoms with E-state index in [1.165, 1.54) is 30.2 Å². The highest BCUT2D eigenvalue weighted by Crippen LogP contribution is 2.47. The van der Waals surface area contributed by atoms with Crippen LogP contribution in [-0.4, -0.2) is 24.1 Å². The van der Waals surface area contributed by atoms with E-state index in [1.807, 2.05) is 26.8 Å². The number of carbonyl (C=O) groups is 2. The maximum atomic E-state index is 14.2. The van der Waals surface area contributed by atoms with E-state index in [4.69, 9.17) is 16.3 Å². The van der Waals surface area contributed by atoms with Crippen molar-refractivity contribution in [2.24, 2.45) is 0 Å². The number of hydrogen-bond donors (Lipinski definition) is 1. The highest BCUT2D eigenvalue weighted by atomic mass is 79.9. The molecule has 1 N–H and O–H groups in total. The molecule has 1 aliphatic heterocycles. The SMILES string of the molecule is COC(=O)[C@H]1c2ccc(F)cc2C(=O)N(c2ccc(C(C)(C)C)c(Cl)c2)[C@@H]1c1ccc(O)c(Br)c1. The molecule has 2 atom stereocenters. The highest BCUT2D eigenvalue weighted by Gasteiger charge is 2.46. The van der Waals surface area contributed by atoms with Crippen LogP contribution in [0, 0.1) is 5.82 Å². The highest BCUT2D eigenvalue weighted by molar-refractivity contribution is 9.10. The second-order valence-electron chi connectivity index (χ2n) is 9.48. The largest absolute Gasteiger partial charge is 0.507 e. The Hall–Kier alpha value is -2.90. The van der Waals surface area contributed by atoms with Crippen molar-refractivity contribution in [3.63, 3.8) is 0 Å². The molecule has 3 aromatic carbocycles. The van der Waals surface area contributed by atoms with Crippen LogP contribution in [0.25, 0.3) is 0 Å². The average molecular weight is 561 g/mol. The summed E-state index contributed by atoms with van der Waals surface area (Å²) in [6, 6.07) is 13.0. The zero-order valence-electron chi connectivity index (χ0n) is 19.6. The summed E-state index contributed by atoms with van der Waals surface area (Å²) in [5.74, 6) is -2.59. The number of ether oxygens (including phenoxy) is 1. The molecule has 0 aromatic heterocycles. The smallest absolute Gasteiger partial charge is 0.315 e. The summed E-state index contributed by atoms with van der Waals surface area (Å²) in [5, 5.41) is 10.5. The molecule has 1 heterocycles. The average Bonchev–Trinajstić information content (AvgIpc) is 2.79. The first-order valence-corrected chi connectivity index (χ1v) is 12.1. The molecule has 1 aliphatic rings. The number of amides is 1. The number of phenolic OH excluding ortho intramolecular Hbond substituents is 1. The van der Waals surface area contributed by atoms with Crippen LogP contribution in [0.15, 0.2) is 59.1 Å². The van der Waals surface area contributed by atoms with Gasteiger partial charge in [-0.3, -0.25) is 14.5 Å². The topological polar surface area (TPSA) is 66.8 Å². The Morgan fingerprint density at radius 1 is 1.11 bits per heavy atom. The van der Waals surface area contributed by atoms with Gasteiger partial charge in [0.2, 0.25) is 0 Å². The number of nitrogens with zero attached hydrogens (tertiary/aromatic N) is 1. The Kier molecular flexibility index (Phi) is 6.68. The normalized spacial score (nSPS) is 17.8. The molecule has 0 saturated carbocycles. The number of anilines is 1. The summed E-state index contributed by atoms with van der Waals surface area (Å²) in [4.78, 5) is 28.4. The lowest BCUT2D eigenvalue weighted by Gasteiger charge is -2.41. The van der Waals surface area contributed by atoms with Gasteiger partial charge in [-0.05, 0) is 74.4 Å². The number of benzene rings is 3. The first kappa shape index (κ1) is 25.2. The molecule has 0 bridgehead atoms. The van der Waals surface area contributed by atoms with E-state index in [0.717, 1.165) is 11.6 Å². The molecule has 0 spiro atoms. The van der Waals surface area contributed by atoms with Crippen LogP contribution >= 0.6 is 27.5 Å². The van der Waals surface area contributed by atoms with Gasteiger partial charge in [0.15, 0.2) is 0 Å². The number of fused-ring (bicyclic) bond motifs is 1. The van der Waals surface area contributed by atoms with Gasteiger partial charge in [0.25, 0.3) is 5.91 Å². The van der Waals surface area contributed by atoms with Gasteiger partial charge in [0.1, 0.15) is 17.5 Å². The van der Waals surface area contributed by atoms with Crippen molar-refractivity contribution >= 4 is 45.1 Å². The standard InChI is InChI=1S/C27H24BrClFNO4/c1-27(2,3)19-9-7-16(13-21(19)29)31-24(14-5-10-22(32)20(28)11-14)23(26(34)35-4)17-8-6-15(30)12-18(17)25(31)33/h5-13,23-24,32H,1-4H3/t23-,24+/m0/s1. The third-order valence-electron chi connectivity index (χ3n) is 6.20. The predicted molar refractivity (Wildman–Crippen MR) is 137 cm³/mol. The Bertz CT molecular complexity index is 1340. The number of halogens is 3. The lowest BCUT2D eigenvalue weighted by atomic mass is 9.79. The molecule has 1 amide bonds. The van der Waals surface area contributed by atoms with Gasteiger partial charge in [-0.25, -0.2) is 4.39 Å². The van der Waals surface area contributed by atoms with E-state index in [9.17, 15) is 19.1 Å². The quantitative estimate of drug-likeness (QED) is 0.354. The van der Waals surface area contributed by atoms with Gasteiger partial charge in [0, 0.05) is 16.3 Å². The fraction of sp³-hybridized carbons (Fsp3) is 0.259. The first-order chi connectivity index (χ1) is 16.4. The molecule has 0 fully saturated rings. The van der Waals surface area contributed by atoms with Crippen LogP contribution in [0.2, 0.25) is 5.02 Å². The number of aromatic hydroxyl groups is 1. The Balaban J connectivity index is 2.01. The third-order valence-corrected chi connectivity index (χ3v) is 7.15. The van der Waals surface area contributed by atoms with Gasteiger partial charge in [0.05, 0.1) is 17.6 Å².